The fourth-order valence-corrected chi connectivity index (χ4v) is 10.7. The lowest BCUT2D eigenvalue weighted by atomic mass is 9.47. The van der Waals surface area contributed by atoms with Crippen LogP contribution < -0.4 is 0 Å². The molecule has 268 valence electrons. The summed E-state index contributed by atoms with van der Waals surface area (Å²) in [6, 6.07) is 0. The first-order valence-corrected chi connectivity index (χ1v) is 19.0. The molecule has 7 heteroatoms. The summed E-state index contributed by atoms with van der Waals surface area (Å²) >= 11 is 0. The van der Waals surface area contributed by atoms with E-state index in [1.807, 2.05) is 27.7 Å². The molecule has 2 saturated heterocycles. The average Bonchev–Trinajstić information content (AvgIpc) is 3.39. The zero-order valence-electron chi connectivity index (χ0n) is 31.2. The minimum absolute atomic E-state index is 0.0809. The van der Waals surface area contributed by atoms with E-state index in [-0.39, 0.29) is 16.8 Å². The Morgan fingerprint density at radius 1 is 0.809 bits per heavy atom. The van der Waals surface area contributed by atoms with Gasteiger partial charge >= 0.3 is 5.97 Å². The van der Waals surface area contributed by atoms with Crippen LogP contribution in [0.2, 0.25) is 0 Å². The molecule has 5 fully saturated rings. The van der Waals surface area contributed by atoms with Crippen LogP contribution in [0.1, 0.15) is 127 Å². The number of fused-ring (bicyclic) bond motifs is 5. The van der Waals surface area contributed by atoms with E-state index >= 15 is 0 Å². The molecule has 47 heavy (non-hydrogen) atoms. The Labute approximate surface area is 285 Å². The predicted octanol–water partition coefficient (Wildman–Crippen LogP) is 8.49. The molecule has 6 aliphatic rings. The van der Waals surface area contributed by atoms with Crippen molar-refractivity contribution in [2.24, 2.45) is 51.2 Å². The van der Waals surface area contributed by atoms with Gasteiger partial charge in [-0.2, -0.15) is 0 Å². The van der Waals surface area contributed by atoms with Crippen LogP contribution in [0, 0.1) is 51.2 Å². The van der Waals surface area contributed by atoms with Crippen molar-refractivity contribution in [1.29, 1.82) is 0 Å². The monoisotopic (exact) mass is 658 g/mol. The number of ether oxygens (including phenoxy) is 6. The summed E-state index contributed by atoms with van der Waals surface area (Å²) in [5, 5.41) is 0. The minimum Gasteiger partial charge on any atom is -0.465 e. The van der Waals surface area contributed by atoms with Crippen molar-refractivity contribution in [3.8, 4) is 0 Å². The van der Waals surface area contributed by atoms with E-state index < -0.39 is 11.6 Å². The average molecular weight is 659 g/mol. The van der Waals surface area contributed by atoms with Gasteiger partial charge in [0.1, 0.15) is 6.61 Å². The Balaban J connectivity index is 1.000. The maximum atomic E-state index is 12.8. The number of rotatable bonds is 9. The van der Waals surface area contributed by atoms with E-state index in [1.54, 1.807) is 5.57 Å². The van der Waals surface area contributed by atoms with Gasteiger partial charge in [0, 0.05) is 17.3 Å². The zero-order valence-corrected chi connectivity index (χ0v) is 31.2. The number of hydrogen-bond donors (Lipinski definition) is 0. The normalized spacial score (nSPS) is 40.7. The molecule has 0 amide bonds. The highest BCUT2D eigenvalue weighted by atomic mass is 16.7. The Morgan fingerprint density at radius 2 is 1.43 bits per heavy atom. The van der Waals surface area contributed by atoms with Gasteiger partial charge in [-0.3, -0.25) is 4.79 Å². The smallest absolute Gasteiger partial charge is 0.305 e. The highest BCUT2D eigenvalue weighted by Gasteiger charge is 2.59. The Morgan fingerprint density at radius 3 is 2.06 bits per heavy atom. The summed E-state index contributed by atoms with van der Waals surface area (Å²) in [4.78, 5) is 12.8. The fraction of sp³-hybridized carbons (Fsp3) is 0.925. The predicted molar refractivity (Wildman–Crippen MR) is 182 cm³/mol. The standard InChI is InChI=1S/C40H66O7/c1-27(10-15-34(41)43-22-38(7)25-46-36(4,5)47-26-38)31-13-14-32-30-12-11-28-20-29(42-21-37(6)23-44-35(2,3)45-24-37)16-18-39(28,8)33(30)17-19-40(31,32)9/h11,27,29-33H,10,12-26H2,1-9H3/t27-,29+,30+,31-,32+,33+,39+,40-/m1/s1. The first-order chi connectivity index (χ1) is 22.0. The molecule has 2 aliphatic heterocycles. The van der Waals surface area contributed by atoms with E-state index in [2.05, 4.69) is 40.7 Å². The largest absolute Gasteiger partial charge is 0.465 e. The summed E-state index contributed by atoms with van der Waals surface area (Å²) in [5.74, 6) is 2.43. The van der Waals surface area contributed by atoms with Crippen LogP contribution in [0.3, 0.4) is 0 Å². The molecule has 0 aromatic rings. The molecular weight excluding hydrogens is 592 g/mol. The van der Waals surface area contributed by atoms with Gasteiger partial charge in [0.05, 0.1) is 39.1 Å². The molecule has 0 bridgehead atoms. The summed E-state index contributed by atoms with van der Waals surface area (Å²) < 4.78 is 36.0. The molecule has 6 rings (SSSR count). The number of hydrogen-bond acceptors (Lipinski definition) is 7. The van der Waals surface area contributed by atoms with Crippen LogP contribution in [-0.2, 0) is 33.2 Å². The maximum absolute atomic E-state index is 12.8. The molecule has 0 radical (unpaired) electrons. The Kier molecular flexibility index (Phi) is 9.88. The molecule has 2 heterocycles. The summed E-state index contributed by atoms with van der Waals surface area (Å²) in [6.07, 6.45) is 14.4. The van der Waals surface area contributed by atoms with Crippen LogP contribution >= 0.6 is 0 Å². The van der Waals surface area contributed by atoms with Gasteiger partial charge in [0.2, 0.25) is 0 Å². The van der Waals surface area contributed by atoms with Crippen molar-refractivity contribution in [2.45, 2.75) is 144 Å². The van der Waals surface area contributed by atoms with Gasteiger partial charge in [-0.1, -0.05) is 46.3 Å². The van der Waals surface area contributed by atoms with Crippen LogP contribution in [-0.4, -0.2) is 63.3 Å². The molecule has 0 spiro atoms. The summed E-state index contributed by atoms with van der Waals surface area (Å²) in [7, 11) is 0. The molecular formula is C40H66O7. The maximum Gasteiger partial charge on any atom is 0.305 e. The molecule has 0 aromatic heterocycles. The lowest BCUT2D eigenvalue weighted by Crippen LogP contribution is -2.51. The van der Waals surface area contributed by atoms with Crippen LogP contribution in [0.5, 0.6) is 0 Å². The Bertz CT molecular complexity index is 1160. The van der Waals surface area contributed by atoms with E-state index in [4.69, 9.17) is 28.4 Å². The zero-order chi connectivity index (χ0) is 33.9. The fourth-order valence-electron chi connectivity index (χ4n) is 10.7. The van der Waals surface area contributed by atoms with Gasteiger partial charge in [0.25, 0.3) is 0 Å². The molecule has 7 nitrogen and oxygen atoms in total. The van der Waals surface area contributed by atoms with Gasteiger partial charge in [-0.25, -0.2) is 0 Å². The first kappa shape index (κ1) is 35.8. The number of allylic oxidation sites excluding steroid dienone is 1. The molecule has 3 saturated carbocycles. The third-order valence-electron chi connectivity index (χ3n) is 13.9. The summed E-state index contributed by atoms with van der Waals surface area (Å²) in [6.45, 7) is 23.2. The lowest BCUT2D eigenvalue weighted by molar-refractivity contribution is -0.290. The third-order valence-corrected chi connectivity index (χ3v) is 13.9. The second-order valence-electron chi connectivity index (χ2n) is 18.9. The highest BCUT2D eigenvalue weighted by Crippen LogP contribution is 2.67. The number of carbonyl (C=O) groups is 1. The minimum atomic E-state index is -0.562. The third kappa shape index (κ3) is 7.41. The molecule has 8 atom stereocenters. The van der Waals surface area contributed by atoms with Gasteiger partial charge in [-0.15, -0.1) is 0 Å². The quantitative estimate of drug-likeness (QED) is 0.182. The van der Waals surface area contributed by atoms with Crippen molar-refractivity contribution < 1.29 is 33.2 Å². The number of esters is 1. The van der Waals surface area contributed by atoms with Crippen molar-refractivity contribution in [3.63, 3.8) is 0 Å². The second kappa shape index (κ2) is 13.0. The van der Waals surface area contributed by atoms with Gasteiger partial charge in [-0.05, 0) is 126 Å². The van der Waals surface area contributed by atoms with Crippen molar-refractivity contribution in [2.75, 3.05) is 39.6 Å². The second-order valence-corrected chi connectivity index (χ2v) is 18.9. The first-order valence-electron chi connectivity index (χ1n) is 19.0. The van der Waals surface area contributed by atoms with Crippen molar-refractivity contribution in [1.82, 2.24) is 0 Å². The Hall–Kier alpha value is -0.990. The van der Waals surface area contributed by atoms with E-state index in [0.29, 0.717) is 74.8 Å². The molecule has 0 aromatic carbocycles. The summed E-state index contributed by atoms with van der Waals surface area (Å²) in [5.41, 5.74) is 1.99. The van der Waals surface area contributed by atoms with Crippen LogP contribution in [0.25, 0.3) is 0 Å². The van der Waals surface area contributed by atoms with E-state index in [0.717, 1.165) is 37.0 Å². The van der Waals surface area contributed by atoms with Crippen LogP contribution in [0.15, 0.2) is 11.6 Å². The SMILES string of the molecule is C[C@H](CCC(=O)OCC1(C)COC(C)(C)OC1)[C@H]1CC[C@H]2[C@@H]3CC=C4C[C@@H](OCC5(C)COC(C)(C)OC5)CC[C@]4(C)[C@H]3CC[C@]12C. The topological polar surface area (TPSA) is 72.5 Å². The van der Waals surface area contributed by atoms with Gasteiger partial charge in [0.15, 0.2) is 11.6 Å². The molecule has 0 unspecified atom stereocenters. The van der Waals surface area contributed by atoms with E-state index in [9.17, 15) is 4.79 Å². The van der Waals surface area contributed by atoms with Gasteiger partial charge < -0.3 is 28.4 Å². The molecule has 0 N–H and O–H groups in total. The van der Waals surface area contributed by atoms with Crippen LogP contribution in [0.4, 0.5) is 0 Å². The molecule has 4 aliphatic carbocycles. The lowest BCUT2D eigenvalue weighted by Gasteiger charge is -2.58. The van der Waals surface area contributed by atoms with Crippen molar-refractivity contribution in [3.05, 3.63) is 11.6 Å². The van der Waals surface area contributed by atoms with E-state index in [1.165, 1.54) is 38.5 Å². The number of carbonyl (C=O) groups excluding carboxylic acids is 1. The highest BCUT2D eigenvalue weighted by molar-refractivity contribution is 5.69. The van der Waals surface area contributed by atoms with Crippen molar-refractivity contribution >= 4 is 5.97 Å².